The third kappa shape index (κ3) is 4.48. The summed E-state index contributed by atoms with van der Waals surface area (Å²) in [5.41, 5.74) is 0.129. The van der Waals surface area contributed by atoms with Crippen molar-refractivity contribution in [3.8, 4) is 0 Å². The second kappa shape index (κ2) is 7.04. The van der Waals surface area contributed by atoms with Gasteiger partial charge >= 0.3 is 6.18 Å². The van der Waals surface area contributed by atoms with Crippen LogP contribution in [-0.2, 0) is 18.5 Å². The smallest absolute Gasteiger partial charge is 0.284 e. The number of aryl methyl sites for hydroxylation is 1. The maximum absolute atomic E-state index is 12.8. The van der Waals surface area contributed by atoms with Crippen molar-refractivity contribution in [2.45, 2.75) is 30.6 Å². The molecule has 7 heteroatoms. The van der Waals surface area contributed by atoms with Gasteiger partial charge in [-0.1, -0.05) is 47.7 Å². The number of hydrogen-bond donors (Lipinski definition) is 0. The summed E-state index contributed by atoms with van der Waals surface area (Å²) in [6, 6.07) is 8.15. The van der Waals surface area contributed by atoms with E-state index in [4.69, 9.17) is 0 Å². The number of allylic oxidation sites excluding steroid dienone is 1. The maximum atomic E-state index is 12.8. The van der Waals surface area contributed by atoms with Crippen molar-refractivity contribution >= 4 is 11.8 Å². The Kier molecular flexibility index (Phi) is 5.30. The average Bonchev–Trinajstić information content (AvgIpc) is 2.48. The highest BCUT2D eigenvalue weighted by Crippen LogP contribution is 2.29. The average molecular weight is 340 g/mol. The zero-order valence-electron chi connectivity index (χ0n) is 12.4. The molecule has 0 saturated heterocycles. The highest BCUT2D eigenvalue weighted by Gasteiger charge is 2.34. The van der Waals surface area contributed by atoms with Gasteiger partial charge in [-0.25, -0.2) is 4.98 Å². The molecule has 0 spiro atoms. The Bertz CT molecular complexity index is 751. The van der Waals surface area contributed by atoms with Crippen LogP contribution in [-0.4, -0.2) is 9.55 Å². The molecular formula is C16H15F3N2OS. The van der Waals surface area contributed by atoms with Crippen molar-refractivity contribution in [1.82, 2.24) is 9.55 Å². The van der Waals surface area contributed by atoms with E-state index >= 15 is 0 Å². The van der Waals surface area contributed by atoms with Gasteiger partial charge in [0, 0.05) is 18.4 Å². The van der Waals surface area contributed by atoms with Crippen LogP contribution in [0.1, 0.15) is 16.8 Å². The number of benzene rings is 1. The Balaban J connectivity index is 2.34. The van der Waals surface area contributed by atoms with Gasteiger partial charge in [0.1, 0.15) is 0 Å². The molecule has 0 amide bonds. The summed E-state index contributed by atoms with van der Waals surface area (Å²) < 4.78 is 39.7. The monoisotopic (exact) mass is 340 g/mol. The fraction of sp³-hybridized carbons (Fsp3) is 0.250. The lowest BCUT2D eigenvalue weighted by Gasteiger charge is -2.13. The summed E-state index contributed by atoms with van der Waals surface area (Å²) in [4.78, 5) is 15.5. The minimum Gasteiger partial charge on any atom is -0.284 e. The van der Waals surface area contributed by atoms with Crippen LogP contribution in [0.5, 0.6) is 0 Å². The first-order valence-electron chi connectivity index (χ1n) is 6.79. The summed E-state index contributed by atoms with van der Waals surface area (Å²) in [5, 5.41) is 0.0327. The Morgan fingerprint density at radius 3 is 2.52 bits per heavy atom. The van der Waals surface area contributed by atoms with Crippen molar-refractivity contribution in [3.05, 3.63) is 70.2 Å². The first-order valence-corrected chi connectivity index (χ1v) is 7.78. The predicted molar refractivity (Wildman–Crippen MR) is 84.4 cm³/mol. The van der Waals surface area contributed by atoms with Crippen LogP contribution in [0, 0.1) is 6.92 Å². The van der Waals surface area contributed by atoms with E-state index in [-0.39, 0.29) is 11.7 Å². The van der Waals surface area contributed by atoms with Crippen LogP contribution in [0.3, 0.4) is 0 Å². The Labute approximate surface area is 135 Å². The van der Waals surface area contributed by atoms with Gasteiger partial charge in [0.2, 0.25) is 0 Å². The standard InChI is InChI=1S/C16H15F3N2OS/c1-3-8-21-14(22)9-13(16(17,18)19)20-15(21)23-10-12-6-4-11(2)5-7-12/h3-7,9H,1,8,10H2,2H3. The molecule has 0 atom stereocenters. The molecule has 0 radical (unpaired) electrons. The Morgan fingerprint density at radius 1 is 1.30 bits per heavy atom. The van der Waals surface area contributed by atoms with Gasteiger partial charge in [-0.3, -0.25) is 9.36 Å². The molecule has 122 valence electrons. The number of nitrogens with zero attached hydrogens (tertiary/aromatic N) is 2. The van der Waals surface area contributed by atoms with Gasteiger partial charge in [-0.15, -0.1) is 6.58 Å². The number of thioether (sulfide) groups is 1. The van der Waals surface area contributed by atoms with Crippen LogP contribution < -0.4 is 5.56 Å². The normalized spacial score (nSPS) is 11.5. The zero-order valence-corrected chi connectivity index (χ0v) is 13.2. The van der Waals surface area contributed by atoms with E-state index in [9.17, 15) is 18.0 Å². The van der Waals surface area contributed by atoms with Crippen molar-refractivity contribution in [1.29, 1.82) is 0 Å². The molecule has 0 aliphatic carbocycles. The molecular weight excluding hydrogens is 325 g/mol. The SMILES string of the molecule is C=CCn1c(SCc2ccc(C)cc2)nc(C(F)(F)F)cc1=O. The fourth-order valence-corrected chi connectivity index (χ4v) is 2.84. The molecule has 0 saturated carbocycles. The summed E-state index contributed by atoms with van der Waals surface area (Å²) in [6.07, 6.45) is -3.20. The van der Waals surface area contributed by atoms with E-state index in [2.05, 4.69) is 11.6 Å². The second-order valence-electron chi connectivity index (χ2n) is 4.93. The zero-order chi connectivity index (χ0) is 17.0. The van der Waals surface area contributed by atoms with Crippen LogP contribution in [0.25, 0.3) is 0 Å². The van der Waals surface area contributed by atoms with Crippen molar-refractivity contribution in [3.63, 3.8) is 0 Å². The summed E-state index contributed by atoms with van der Waals surface area (Å²) in [5.74, 6) is 0.422. The molecule has 3 nitrogen and oxygen atoms in total. The fourth-order valence-electron chi connectivity index (χ4n) is 1.87. The molecule has 1 aromatic heterocycles. The van der Waals surface area contributed by atoms with Crippen LogP contribution >= 0.6 is 11.8 Å². The number of aromatic nitrogens is 2. The molecule has 0 unspecified atom stereocenters. The van der Waals surface area contributed by atoms with Gasteiger partial charge in [0.05, 0.1) is 0 Å². The van der Waals surface area contributed by atoms with Gasteiger partial charge in [-0.05, 0) is 12.5 Å². The third-order valence-corrected chi connectivity index (χ3v) is 4.11. The number of halogens is 3. The topological polar surface area (TPSA) is 34.9 Å². The van der Waals surface area contributed by atoms with Gasteiger partial charge < -0.3 is 0 Å². The van der Waals surface area contributed by atoms with Crippen LogP contribution in [0.4, 0.5) is 13.2 Å². The van der Waals surface area contributed by atoms with E-state index in [1.54, 1.807) is 0 Å². The highest BCUT2D eigenvalue weighted by molar-refractivity contribution is 7.98. The summed E-state index contributed by atoms with van der Waals surface area (Å²) >= 11 is 1.09. The van der Waals surface area contributed by atoms with E-state index in [1.165, 1.54) is 10.6 Å². The molecule has 23 heavy (non-hydrogen) atoms. The third-order valence-electron chi connectivity index (χ3n) is 3.06. The lowest BCUT2D eigenvalue weighted by atomic mass is 10.2. The first kappa shape index (κ1) is 17.3. The maximum Gasteiger partial charge on any atom is 0.433 e. The van der Waals surface area contributed by atoms with E-state index in [0.29, 0.717) is 11.8 Å². The minimum absolute atomic E-state index is 0.0327. The van der Waals surface area contributed by atoms with E-state index in [1.807, 2.05) is 31.2 Å². The van der Waals surface area contributed by atoms with E-state index < -0.39 is 17.4 Å². The molecule has 2 aromatic rings. The van der Waals surface area contributed by atoms with E-state index in [0.717, 1.165) is 22.9 Å². The van der Waals surface area contributed by atoms with Crippen molar-refractivity contribution in [2.75, 3.05) is 0 Å². The first-order chi connectivity index (χ1) is 10.8. The molecule has 1 aromatic carbocycles. The van der Waals surface area contributed by atoms with Crippen molar-refractivity contribution < 1.29 is 13.2 Å². The molecule has 0 bridgehead atoms. The second-order valence-corrected chi connectivity index (χ2v) is 5.88. The largest absolute Gasteiger partial charge is 0.433 e. The molecule has 0 N–H and O–H groups in total. The van der Waals surface area contributed by atoms with Crippen LogP contribution in [0.2, 0.25) is 0 Å². The minimum atomic E-state index is -4.65. The quantitative estimate of drug-likeness (QED) is 0.468. The van der Waals surface area contributed by atoms with Gasteiger partial charge in [0.15, 0.2) is 10.9 Å². The lowest BCUT2D eigenvalue weighted by molar-refractivity contribution is -0.141. The van der Waals surface area contributed by atoms with Gasteiger partial charge in [-0.2, -0.15) is 13.2 Å². The molecule has 1 heterocycles. The predicted octanol–water partition coefficient (Wildman–Crippen LogP) is 4.05. The number of hydrogen-bond acceptors (Lipinski definition) is 3. The summed E-state index contributed by atoms with van der Waals surface area (Å²) in [6.45, 7) is 5.58. The van der Waals surface area contributed by atoms with Crippen LogP contribution in [0.15, 0.2) is 52.9 Å². The molecule has 0 aliphatic heterocycles. The molecule has 0 aliphatic rings. The molecule has 2 rings (SSSR count). The highest BCUT2D eigenvalue weighted by atomic mass is 32.2. The number of alkyl halides is 3. The Hall–Kier alpha value is -2.02. The van der Waals surface area contributed by atoms with Gasteiger partial charge in [0.25, 0.3) is 5.56 Å². The summed E-state index contributed by atoms with van der Waals surface area (Å²) in [7, 11) is 0. The Morgan fingerprint density at radius 2 is 1.96 bits per heavy atom. The number of rotatable bonds is 5. The molecule has 0 fully saturated rings. The van der Waals surface area contributed by atoms with Crippen molar-refractivity contribution in [2.24, 2.45) is 0 Å². The lowest BCUT2D eigenvalue weighted by Crippen LogP contribution is -2.25.